The Bertz CT molecular complexity index is 908. The van der Waals surface area contributed by atoms with Crippen LogP contribution in [-0.4, -0.2) is 34.6 Å². The van der Waals surface area contributed by atoms with Crippen molar-refractivity contribution < 1.29 is 9.59 Å². The number of hydrogen-bond donors (Lipinski definition) is 1. The van der Waals surface area contributed by atoms with E-state index in [9.17, 15) is 9.59 Å². The molecule has 0 aliphatic carbocycles. The number of nitrogens with zero attached hydrogens (tertiary/aromatic N) is 1. The highest BCUT2D eigenvalue weighted by atomic mass is 35.5. The molecule has 1 N–H and O–H groups in total. The minimum absolute atomic E-state index is 0.0137. The number of amides is 2. The number of carbonyl (C=O) groups is 2. The lowest BCUT2D eigenvalue weighted by Gasteiger charge is -2.31. The molecule has 0 radical (unpaired) electrons. The van der Waals surface area contributed by atoms with E-state index in [2.05, 4.69) is 5.32 Å². The molecule has 0 saturated carbocycles. The highest BCUT2D eigenvalue weighted by Crippen LogP contribution is 2.26. The van der Waals surface area contributed by atoms with Gasteiger partial charge in [0.05, 0.1) is 5.75 Å². The summed E-state index contributed by atoms with van der Waals surface area (Å²) in [5.41, 5.74) is 1.71. The highest BCUT2D eigenvalue weighted by Gasteiger charge is 2.29. The fourth-order valence-electron chi connectivity index (χ4n) is 3.08. The Morgan fingerprint density at radius 1 is 1.03 bits per heavy atom. The standard InChI is InChI=1S/C23H27Cl3N2O2S/c1-4-21(23(30)27-15(2)3)28(12-16-7-5-6-8-19(16)25)22(29)14-31-13-17-9-10-18(24)11-20(17)26/h5-11,15,21H,4,12-14H2,1-3H3,(H,27,30). The van der Waals surface area contributed by atoms with Crippen LogP contribution in [0.25, 0.3) is 0 Å². The van der Waals surface area contributed by atoms with Crippen LogP contribution >= 0.6 is 46.6 Å². The normalized spacial score (nSPS) is 12.0. The first-order valence-electron chi connectivity index (χ1n) is 10.1. The Labute approximate surface area is 203 Å². The van der Waals surface area contributed by atoms with Crippen molar-refractivity contribution in [3.8, 4) is 0 Å². The van der Waals surface area contributed by atoms with Crippen molar-refractivity contribution in [2.24, 2.45) is 0 Å². The summed E-state index contributed by atoms with van der Waals surface area (Å²) in [5.74, 6) is 0.496. The minimum atomic E-state index is -0.578. The molecule has 0 saturated heterocycles. The zero-order valence-corrected chi connectivity index (χ0v) is 20.9. The van der Waals surface area contributed by atoms with Crippen molar-refractivity contribution in [2.45, 2.75) is 51.6 Å². The van der Waals surface area contributed by atoms with Crippen LogP contribution < -0.4 is 5.32 Å². The van der Waals surface area contributed by atoms with Gasteiger partial charge in [0.25, 0.3) is 0 Å². The maximum absolute atomic E-state index is 13.2. The van der Waals surface area contributed by atoms with E-state index in [1.54, 1.807) is 23.1 Å². The third-order valence-electron chi connectivity index (χ3n) is 4.61. The van der Waals surface area contributed by atoms with Gasteiger partial charge in [-0.25, -0.2) is 0 Å². The van der Waals surface area contributed by atoms with E-state index in [-0.39, 0.29) is 30.2 Å². The van der Waals surface area contributed by atoms with Gasteiger partial charge in [0.2, 0.25) is 11.8 Å². The quantitative estimate of drug-likeness (QED) is 0.421. The molecule has 2 amide bonds. The molecular weight excluding hydrogens is 475 g/mol. The fourth-order valence-corrected chi connectivity index (χ4v) is 4.74. The van der Waals surface area contributed by atoms with Crippen LogP contribution in [0.2, 0.25) is 15.1 Å². The Kier molecular flexibility index (Phi) is 10.5. The van der Waals surface area contributed by atoms with Gasteiger partial charge >= 0.3 is 0 Å². The second kappa shape index (κ2) is 12.6. The zero-order chi connectivity index (χ0) is 23.0. The van der Waals surface area contributed by atoms with Gasteiger partial charge in [0, 0.05) is 33.4 Å². The predicted octanol–water partition coefficient (Wildman–Crippen LogP) is 6.21. The number of nitrogens with one attached hydrogen (secondary N) is 1. The van der Waals surface area contributed by atoms with E-state index in [1.165, 1.54) is 11.8 Å². The molecule has 8 heteroatoms. The summed E-state index contributed by atoms with van der Waals surface area (Å²) < 4.78 is 0. The first-order valence-corrected chi connectivity index (χ1v) is 12.4. The molecular formula is C23H27Cl3N2O2S. The average Bonchev–Trinajstić information content (AvgIpc) is 2.70. The summed E-state index contributed by atoms with van der Waals surface area (Å²) >= 11 is 20.0. The van der Waals surface area contributed by atoms with Crippen molar-refractivity contribution in [1.29, 1.82) is 0 Å². The maximum atomic E-state index is 13.2. The Morgan fingerprint density at radius 2 is 1.74 bits per heavy atom. The lowest BCUT2D eigenvalue weighted by atomic mass is 10.1. The van der Waals surface area contributed by atoms with E-state index in [1.807, 2.05) is 45.0 Å². The molecule has 0 aromatic heterocycles. The van der Waals surface area contributed by atoms with Crippen LogP contribution in [0, 0.1) is 0 Å². The van der Waals surface area contributed by atoms with Gasteiger partial charge in [-0.05, 0) is 49.6 Å². The van der Waals surface area contributed by atoms with Crippen LogP contribution in [-0.2, 0) is 21.9 Å². The van der Waals surface area contributed by atoms with Gasteiger partial charge < -0.3 is 10.2 Å². The average molecular weight is 502 g/mol. The lowest BCUT2D eigenvalue weighted by Crippen LogP contribution is -2.51. The van der Waals surface area contributed by atoms with Crippen LogP contribution in [0.4, 0.5) is 0 Å². The molecule has 31 heavy (non-hydrogen) atoms. The van der Waals surface area contributed by atoms with Gasteiger partial charge in [-0.3, -0.25) is 9.59 Å². The highest BCUT2D eigenvalue weighted by molar-refractivity contribution is 7.99. The summed E-state index contributed by atoms with van der Waals surface area (Å²) in [6.07, 6.45) is 0.502. The number of rotatable bonds is 10. The summed E-state index contributed by atoms with van der Waals surface area (Å²) in [5, 5.41) is 4.64. The number of thioether (sulfide) groups is 1. The predicted molar refractivity (Wildman–Crippen MR) is 132 cm³/mol. The number of carbonyl (C=O) groups excluding carboxylic acids is 2. The molecule has 0 bridgehead atoms. The second-order valence-electron chi connectivity index (χ2n) is 7.43. The van der Waals surface area contributed by atoms with Crippen molar-refractivity contribution >= 4 is 58.4 Å². The van der Waals surface area contributed by atoms with Gasteiger partial charge in [-0.1, -0.05) is 66.0 Å². The fraction of sp³-hybridized carbons (Fsp3) is 0.391. The second-order valence-corrected chi connectivity index (χ2v) is 9.67. The van der Waals surface area contributed by atoms with Gasteiger partial charge in [0.1, 0.15) is 6.04 Å². The molecule has 1 atom stereocenters. The third kappa shape index (κ3) is 7.90. The third-order valence-corrected chi connectivity index (χ3v) is 6.54. The van der Waals surface area contributed by atoms with Crippen LogP contribution in [0.3, 0.4) is 0 Å². The number of benzene rings is 2. The molecule has 2 rings (SSSR count). The van der Waals surface area contributed by atoms with E-state index in [0.717, 1.165) is 11.1 Å². The monoisotopic (exact) mass is 500 g/mol. The van der Waals surface area contributed by atoms with Gasteiger partial charge in [0.15, 0.2) is 0 Å². The molecule has 1 unspecified atom stereocenters. The van der Waals surface area contributed by atoms with Crippen LogP contribution in [0.1, 0.15) is 38.3 Å². The zero-order valence-electron chi connectivity index (χ0n) is 17.8. The number of halogens is 3. The smallest absolute Gasteiger partial charge is 0.243 e. The molecule has 0 aliphatic heterocycles. The van der Waals surface area contributed by atoms with Crippen molar-refractivity contribution in [3.05, 3.63) is 68.7 Å². The Balaban J connectivity index is 2.16. The van der Waals surface area contributed by atoms with Crippen LogP contribution in [0.15, 0.2) is 42.5 Å². The first-order chi connectivity index (χ1) is 14.7. The summed E-state index contributed by atoms with van der Waals surface area (Å²) in [4.78, 5) is 27.6. The lowest BCUT2D eigenvalue weighted by molar-refractivity contribution is -0.139. The molecule has 0 fully saturated rings. The van der Waals surface area contributed by atoms with E-state index in [4.69, 9.17) is 34.8 Å². The minimum Gasteiger partial charge on any atom is -0.352 e. The maximum Gasteiger partial charge on any atom is 0.243 e. The first kappa shape index (κ1) is 25.9. The van der Waals surface area contributed by atoms with Crippen molar-refractivity contribution in [2.75, 3.05) is 5.75 Å². The molecule has 168 valence electrons. The van der Waals surface area contributed by atoms with Crippen molar-refractivity contribution in [3.63, 3.8) is 0 Å². The Morgan fingerprint density at radius 3 is 2.35 bits per heavy atom. The molecule has 0 heterocycles. The summed E-state index contributed by atoms with van der Waals surface area (Å²) in [7, 11) is 0. The summed E-state index contributed by atoms with van der Waals surface area (Å²) in [6.45, 7) is 5.97. The van der Waals surface area contributed by atoms with E-state index >= 15 is 0 Å². The largest absolute Gasteiger partial charge is 0.352 e. The van der Waals surface area contributed by atoms with E-state index < -0.39 is 6.04 Å². The molecule has 2 aromatic rings. The van der Waals surface area contributed by atoms with Crippen molar-refractivity contribution in [1.82, 2.24) is 10.2 Å². The summed E-state index contributed by atoms with van der Waals surface area (Å²) in [6, 6.07) is 12.1. The Hall–Kier alpha value is -1.40. The van der Waals surface area contributed by atoms with Gasteiger partial charge in [-0.15, -0.1) is 11.8 Å². The molecule has 0 aliphatic rings. The SMILES string of the molecule is CCC(C(=O)NC(C)C)N(Cc1ccccc1Cl)C(=O)CSCc1ccc(Cl)cc1Cl. The van der Waals surface area contributed by atoms with E-state index in [0.29, 0.717) is 27.2 Å². The number of hydrogen-bond acceptors (Lipinski definition) is 3. The molecule has 0 spiro atoms. The van der Waals surface area contributed by atoms with Crippen LogP contribution in [0.5, 0.6) is 0 Å². The molecule has 2 aromatic carbocycles. The molecule has 4 nitrogen and oxygen atoms in total. The van der Waals surface area contributed by atoms with Gasteiger partial charge in [-0.2, -0.15) is 0 Å². The topological polar surface area (TPSA) is 49.4 Å².